The predicted molar refractivity (Wildman–Crippen MR) is 66.4 cm³/mol. The van der Waals surface area contributed by atoms with Crippen LogP contribution in [0.4, 0.5) is 15.8 Å². The van der Waals surface area contributed by atoms with Crippen molar-refractivity contribution in [3.05, 3.63) is 46.0 Å². The highest BCUT2D eigenvalue weighted by Crippen LogP contribution is 2.27. The fourth-order valence-corrected chi connectivity index (χ4v) is 1.61. The van der Waals surface area contributed by atoms with Crippen LogP contribution in [-0.2, 0) is 0 Å². The number of aromatic nitrogens is 2. The van der Waals surface area contributed by atoms with Gasteiger partial charge >= 0.3 is 0 Å². The van der Waals surface area contributed by atoms with Crippen molar-refractivity contribution in [2.45, 2.75) is 0 Å². The Hall–Kier alpha value is -1.90. The maximum Gasteiger partial charge on any atom is 0.175 e. The van der Waals surface area contributed by atoms with Gasteiger partial charge in [0.2, 0.25) is 0 Å². The SMILES string of the molecule is N#Cc1c(F)cccc1Nc1cc(Cl)nnc1Cl. The molecule has 0 saturated heterocycles. The predicted octanol–water partition coefficient (Wildman–Crippen LogP) is 3.54. The van der Waals surface area contributed by atoms with Crippen LogP contribution < -0.4 is 5.32 Å². The van der Waals surface area contributed by atoms with Crippen LogP contribution in [-0.4, -0.2) is 10.2 Å². The molecule has 1 heterocycles. The number of hydrogen-bond donors (Lipinski definition) is 1. The minimum Gasteiger partial charge on any atom is -0.352 e. The second-order valence-corrected chi connectivity index (χ2v) is 4.02. The van der Waals surface area contributed by atoms with Gasteiger partial charge in [0.05, 0.1) is 11.4 Å². The molecule has 0 fully saturated rings. The largest absolute Gasteiger partial charge is 0.352 e. The van der Waals surface area contributed by atoms with Gasteiger partial charge in [-0.2, -0.15) is 5.26 Å². The van der Waals surface area contributed by atoms with E-state index in [4.69, 9.17) is 28.5 Å². The Labute approximate surface area is 112 Å². The zero-order valence-corrected chi connectivity index (χ0v) is 10.3. The van der Waals surface area contributed by atoms with E-state index in [-0.39, 0.29) is 21.6 Å². The lowest BCUT2D eigenvalue weighted by Crippen LogP contribution is -1.98. The summed E-state index contributed by atoms with van der Waals surface area (Å²) in [6.45, 7) is 0. The smallest absolute Gasteiger partial charge is 0.175 e. The van der Waals surface area contributed by atoms with Crippen molar-refractivity contribution in [2.24, 2.45) is 0 Å². The van der Waals surface area contributed by atoms with Gasteiger partial charge in [0, 0.05) is 6.07 Å². The Balaban J connectivity index is 2.44. The number of hydrogen-bond acceptors (Lipinski definition) is 4. The highest BCUT2D eigenvalue weighted by atomic mass is 35.5. The minimum absolute atomic E-state index is 0.0764. The third kappa shape index (κ3) is 2.50. The maximum atomic E-state index is 13.4. The first kappa shape index (κ1) is 12.6. The summed E-state index contributed by atoms with van der Waals surface area (Å²) in [6, 6.07) is 7.42. The Morgan fingerprint density at radius 3 is 2.72 bits per heavy atom. The fraction of sp³-hybridized carbons (Fsp3) is 0. The standard InChI is InChI=1S/C11H5Cl2FN4/c12-10-4-9(11(13)18-17-10)16-8-3-1-2-7(14)6(8)5-15/h1-4H,(H,16,17). The summed E-state index contributed by atoms with van der Waals surface area (Å²) in [5.41, 5.74) is 0.517. The summed E-state index contributed by atoms with van der Waals surface area (Å²) >= 11 is 11.5. The summed E-state index contributed by atoms with van der Waals surface area (Å²) in [4.78, 5) is 0. The first-order valence-electron chi connectivity index (χ1n) is 4.76. The molecule has 0 spiro atoms. The van der Waals surface area contributed by atoms with E-state index in [0.717, 1.165) is 0 Å². The third-order valence-electron chi connectivity index (χ3n) is 2.11. The molecule has 2 aromatic rings. The van der Waals surface area contributed by atoms with E-state index in [0.29, 0.717) is 5.69 Å². The lowest BCUT2D eigenvalue weighted by Gasteiger charge is -2.09. The molecule has 0 amide bonds. The molecule has 0 bridgehead atoms. The maximum absolute atomic E-state index is 13.4. The van der Waals surface area contributed by atoms with Crippen LogP contribution in [0.3, 0.4) is 0 Å². The number of nitriles is 1. The number of nitrogens with zero attached hydrogens (tertiary/aromatic N) is 3. The third-order valence-corrected chi connectivity index (χ3v) is 2.58. The number of benzene rings is 1. The molecule has 0 aliphatic carbocycles. The van der Waals surface area contributed by atoms with Gasteiger partial charge in [-0.25, -0.2) is 4.39 Å². The van der Waals surface area contributed by atoms with E-state index in [1.54, 1.807) is 12.1 Å². The quantitative estimate of drug-likeness (QED) is 0.915. The van der Waals surface area contributed by atoms with Crippen LogP contribution in [0.5, 0.6) is 0 Å². The molecular weight excluding hydrogens is 278 g/mol. The highest BCUT2D eigenvalue weighted by Gasteiger charge is 2.10. The van der Waals surface area contributed by atoms with Gasteiger partial charge < -0.3 is 5.32 Å². The lowest BCUT2D eigenvalue weighted by atomic mass is 10.2. The van der Waals surface area contributed by atoms with Crippen LogP contribution in [0.1, 0.15) is 5.56 Å². The van der Waals surface area contributed by atoms with Crippen molar-refractivity contribution < 1.29 is 4.39 Å². The second kappa shape index (κ2) is 5.17. The van der Waals surface area contributed by atoms with Crippen LogP contribution in [0.25, 0.3) is 0 Å². The molecular formula is C11H5Cl2FN4. The van der Waals surface area contributed by atoms with Crippen molar-refractivity contribution in [3.8, 4) is 6.07 Å². The summed E-state index contributed by atoms with van der Waals surface area (Å²) in [7, 11) is 0. The molecule has 0 aliphatic rings. The first-order chi connectivity index (χ1) is 8.61. The molecule has 0 radical (unpaired) electrons. The lowest BCUT2D eigenvalue weighted by molar-refractivity contribution is 0.624. The number of rotatable bonds is 2. The average Bonchev–Trinajstić information content (AvgIpc) is 2.34. The van der Waals surface area contributed by atoms with Gasteiger partial charge in [-0.15, -0.1) is 10.2 Å². The van der Waals surface area contributed by atoms with E-state index in [1.807, 2.05) is 0 Å². The van der Waals surface area contributed by atoms with Gasteiger partial charge in [0.1, 0.15) is 17.4 Å². The fourth-order valence-electron chi connectivity index (χ4n) is 1.33. The monoisotopic (exact) mass is 282 g/mol. The first-order valence-corrected chi connectivity index (χ1v) is 5.52. The molecule has 90 valence electrons. The number of halogens is 3. The summed E-state index contributed by atoms with van der Waals surface area (Å²) < 4.78 is 13.4. The Bertz CT molecular complexity index is 639. The van der Waals surface area contributed by atoms with Gasteiger partial charge in [-0.05, 0) is 12.1 Å². The minimum atomic E-state index is -0.619. The molecule has 4 nitrogen and oxygen atoms in total. The van der Waals surface area contributed by atoms with E-state index in [2.05, 4.69) is 15.5 Å². The topological polar surface area (TPSA) is 61.6 Å². The normalized spacial score (nSPS) is 9.89. The van der Waals surface area contributed by atoms with Crippen LogP contribution in [0.2, 0.25) is 10.3 Å². The van der Waals surface area contributed by atoms with Crippen molar-refractivity contribution in [1.29, 1.82) is 5.26 Å². The molecule has 0 unspecified atom stereocenters. The average molecular weight is 283 g/mol. The molecule has 1 N–H and O–H groups in total. The zero-order chi connectivity index (χ0) is 13.1. The molecule has 0 atom stereocenters. The molecule has 0 aliphatic heterocycles. The van der Waals surface area contributed by atoms with Gasteiger partial charge in [-0.3, -0.25) is 0 Å². The van der Waals surface area contributed by atoms with E-state index in [1.165, 1.54) is 18.2 Å². The van der Waals surface area contributed by atoms with Gasteiger partial charge in [0.15, 0.2) is 10.3 Å². The van der Waals surface area contributed by atoms with Gasteiger partial charge in [-0.1, -0.05) is 29.3 Å². The van der Waals surface area contributed by atoms with E-state index < -0.39 is 5.82 Å². The molecule has 18 heavy (non-hydrogen) atoms. The van der Waals surface area contributed by atoms with Crippen molar-refractivity contribution in [2.75, 3.05) is 5.32 Å². The Morgan fingerprint density at radius 2 is 2.00 bits per heavy atom. The second-order valence-electron chi connectivity index (χ2n) is 3.27. The summed E-state index contributed by atoms with van der Waals surface area (Å²) in [5.74, 6) is -0.619. The summed E-state index contributed by atoms with van der Waals surface area (Å²) in [5, 5.41) is 19.0. The van der Waals surface area contributed by atoms with E-state index >= 15 is 0 Å². The van der Waals surface area contributed by atoms with Crippen LogP contribution in [0.15, 0.2) is 24.3 Å². The Kier molecular flexibility index (Phi) is 3.60. The number of anilines is 2. The van der Waals surface area contributed by atoms with E-state index in [9.17, 15) is 4.39 Å². The molecule has 2 rings (SSSR count). The molecule has 0 saturated carbocycles. The molecule has 7 heteroatoms. The summed E-state index contributed by atoms with van der Waals surface area (Å²) in [6.07, 6.45) is 0. The van der Waals surface area contributed by atoms with Crippen molar-refractivity contribution in [3.63, 3.8) is 0 Å². The van der Waals surface area contributed by atoms with Crippen LogP contribution >= 0.6 is 23.2 Å². The molecule has 1 aromatic carbocycles. The molecule has 1 aromatic heterocycles. The zero-order valence-electron chi connectivity index (χ0n) is 8.78. The Morgan fingerprint density at radius 1 is 1.22 bits per heavy atom. The van der Waals surface area contributed by atoms with Crippen molar-refractivity contribution in [1.82, 2.24) is 10.2 Å². The highest BCUT2D eigenvalue weighted by molar-refractivity contribution is 6.33. The van der Waals surface area contributed by atoms with Crippen LogP contribution in [0, 0.1) is 17.1 Å². The number of nitrogens with one attached hydrogen (secondary N) is 1. The van der Waals surface area contributed by atoms with Crippen molar-refractivity contribution >= 4 is 34.6 Å². The van der Waals surface area contributed by atoms with Gasteiger partial charge in [0.25, 0.3) is 0 Å².